The van der Waals surface area contributed by atoms with Crippen molar-refractivity contribution in [2.24, 2.45) is 7.05 Å². The first-order valence-electron chi connectivity index (χ1n) is 9.09. The van der Waals surface area contributed by atoms with Gasteiger partial charge in [-0.05, 0) is 26.7 Å². The highest BCUT2D eigenvalue weighted by molar-refractivity contribution is 5.84. The third-order valence-corrected chi connectivity index (χ3v) is 5.33. The molecule has 0 aromatic carbocycles. The van der Waals surface area contributed by atoms with Gasteiger partial charge in [0.2, 0.25) is 0 Å². The summed E-state index contributed by atoms with van der Waals surface area (Å²) in [4.78, 5) is 23.9. The van der Waals surface area contributed by atoms with Crippen molar-refractivity contribution in [2.45, 2.75) is 45.4 Å². The lowest BCUT2D eigenvalue weighted by Crippen LogP contribution is -2.50. The molecule has 8 heteroatoms. The Hall–Kier alpha value is -1.93. The molecule has 8 nitrogen and oxygen atoms in total. The van der Waals surface area contributed by atoms with Gasteiger partial charge in [0.1, 0.15) is 17.0 Å². The second-order valence-corrected chi connectivity index (χ2v) is 7.10. The van der Waals surface area contributed by atoms with Gasteiger partial charge < -0.3 is 19.5 Å². The maximum absolute atomic E-state index is 12.5. The summed E-state index contributed by atoms with van der Waals surface area (Å²) in [5.41, 5.74) is 1.42. The van der Waals surface area contributed by atoms with E-state index in [4.69, 9.17) is 9.72 Å². The predicted molar refractivity (Wildman–Crippen MR) is 96.2 cm³/mol. The third-order valence-electron chi connectivity index (χ3n) is 5.33. The molecule has 4 heterocycles. The first-order chi connectivity index (χ1) is 12.1. The van der Waals surface area contributed by atoms with Crippen LogP contribution in [0.25, 0.3) is 11.2 Å². The van der Waals surface area contributed by atoms with E-state index in [9.17, 15) is 4.79 Å². The molecular formula is C17H26N6O2. The number of hydrogen-bond acceptors (Lipinski definition) is 6. The fraction of sp³-hybridized carbons (Fsp3) is 0.706. The molecule has 2 fully saturated rings. The first-order valence-corrected chi connectivity index (χ1v) is 9.09. The Morgan fingerprint density at radius 2 is 2.20 bits per heavy atom. The van der Waals surface area contributed by atoms with E-state index in [0.29, 0.717) is 5.82 Å². The topological polar surface area (TPSA) is 77.2 Å². The number of piperazine rings is 1. The number of aromatic nitrogens is 4. The summed E-state index contributed by atoms with van der Waals surface area (Å²) < 4.78 is 9.52. The fourth-order valence-corrected chi connectivity index (χ4v) is 3.92. The van der Waals surface area contributed by atoms with E-state index in [0.717, 1.165) is 62.6 Å². The van der Waals surface area contributed by atoms with E-state index >= 15 is 0 Å². The van der Waals surface area contributed by atoms with E-state index in [1.54, 1.807) is 11.6 Å². The van der Waals surface area contributed by atoms with Crippen molar-refractivity contribution in [2.75, 3.05) is 31.1 Å². The van der Waals surface area contributed by atoms with Crippen molar-refractivity contribution in [1.29, 1.82) is 0 Å². The number of hydrogen-bond donors (Lipinski definition) is 1. The monoisotopic (exact) mass is 346 g/mol. The van der Waals surface area contributed by atoms with Crippen molar-refractivity contribution in [1.82, 2.24) is 24.4 Å². The standard InChI is InChI=1S/C17H26N6O2/c1-11-9-18-6-7-22(11)15-14-16(21(3)17(24)20-15)23(12(2)19-14)10-13-5-4-8-25-13/h11,13,18H,4-10H2,1-3H3. The van der Waals surface area contributed by atoms with Gasteiger partial charge in [0.15, 0.2) is 5.82 Å². The van der Waals surface area contributed by atoms with Crippen LogP contribution in [0.3, 0.4) is 0 Å². The van der Waals surface area contributed by atoms with Gasteiger partial charge in [-0.3, -0.25) is 4.57 Å². The van der Waals surface area contributed by atoms with Gasteiger partial charge in [-0.25, -0.2) is 9.78 Å². The molecule has 2 unspecified atom stereocenters. The lowest BCUT2D eigenvalue weighted by Gasteiger charge is -2.34. The molecule has 2 aliphatic rings. The Morgan fingerprint density at radius 1 is 1.36 bits per heavy atom. The normalized spacial score (nSPS) is 24.4. The smallest absolute Gasteiger partial charge is 0.350 e. The van der Waals surface area contributed by atoms with Gasteiger partial charge in [-0.1, -0.05) is 0 Å². The van der Waals surface area contributed by atoms with Gasteiger partial charge in [0.25, 0.3) is 0 Å². The average molecular weight is 346 g/mol. The number of rotatable bonds is 3. The van der Waals surface area contributed by atoms with Crippen molar-refractivity contribution in [3.8, 4) is 0 Å². The van der Waals surface area contributed by atoms with Gasteiger partial charge >= 0.3 is 5.69 Å². The van der Waals surface area contributed by atoms with E-state index in [-0.39, 0.29) is 17.8 Å². The number of anilines is 1. The molecule has 0 bridgehead atoms. The molecule has 25 heavy (non-hydrogen) atoms. The second kappa shape index (κ2) is 6.42. The summed E-state index contributed by atoms with van der Waals surface area (Å²) in [6.07, 6.45) is 2.35. The highest BCUT2D eigenvalue weighted by Gasteiger charge is 2.27. The number of fused-ring (bicyclic) bond motifs is 1. The van der Waals surface area contributed by atoms with Crippen LogP contribution in [-0.2, 0) is 18.3 Å². The van der Waals surface area contributed by atoms with Crippen molar-refractivity contribution < 1.29 is 4.74 Å². The van der Waals surface area contributed by atoms with Gasteiger partial charge in [0, 0.05) is 39.3 Å². The van der Waals surface area contributed by atoms with Crippen LogP contribution < -0.4 is 15.9 Å². The zero-order valence-corrected chi connectivity index (χ0v) is 15.2. The molecule has 2 aromatic heterocycles. The van der Waals surface area contributed by atoms with Crippen molar-refractivity contribution in [3.05, 3.63) is 16.3 Å². The average Bonchev–Trinajstić information content (AvgIpc) is 3.21. The van der Waals surface area contributed by atoms with Crippen LogP contribution in [0.1, 0.15) is 25.6 Å². The molecule has 136 valence electrons. The molecule has 2 saturated heterocycles. The maximum atomic E-state index is 12.5. The lowest BCUT2D eigenvalue weighted by atomic mass is 10.2. The van der Waals surface area contributed by atoms with Crippen LogP contribution >= 0.6 is 0 Å². The van der Waals surface area contributed by atoms with Crippen molar-refractivity contribution >= 4 is 17.0 Å². The molecule has 0 amide bonds. The fourth-order valence-electron chi connectivity index (χ4n) is 3.92. The van der Waals surface area contributed by atoms with E-state index < -0.39 is 0 Å². The molecule has 2 aliphatic heterocycles. The van der Waals surface area contributed by atoms with E-state index in [1.165, 1.54) is 0 Å². The minimum absolute atomic E-state index is 0.195. The zero-order chi connectivity index (χ0) is 17.6. The molecule has 0 saturated carbocycles. The lowest BCUT2D eigenvalue weighted by molar-refractivity contribution is 0.0972. The second-order valence-electron chi connectivity index (χ2n) is 7.10. The molecule has 2 atom stereocenters. The van der Waals surface area contributed by atoms with Crippen LogP contribution in [0.15, 0.2) is 4.79 Å². The summed E-state index contributed by atoms with van der Waals surface area (Å²) in [7, 11) is 1.77. The highest BCUT2D eigenvalue weighted by Crippen LogP contribution is 2.26. The SMILES string of the molecule is Cc1nc2c(N3CCNCC3C)nc(=O)n(C)c2n1CC1CCCO1. The zero-order valence-electron chi connectivity index (χ0n) is 15.2. The predicted octanol–water partition coefficient (Wildman–Crippen LogP) is 0.416. The minimum atomic E-state index is -0.235. The minimum Gasteiger partial charge on any atom is -0.376 e. The Balaban J connectivity index is 1.85. The van der Waals surface area contributed by atoms with Crippen molar-refractivity contribution in [3.63, 3.8) is 0 Å². The quantitative estimate of drug-likeness (QED) is 0.868. The van der Waals surface area contributed by atoms with Crippen LogP contribution in [0, 0.1) is 6.92 Å². The van der Waals surface area contributed by atoms with Gasteiger partial charge in [-0.2, -0.15) is 4.98 Å². The number of ether oxygens (including phenoxy) is 1. The van der Waals surface area contributed by atoms with Crippen LogP contribution in [0.2, 0.25) is 0 Å². The van der Waals surface area contributed by atoms with Gasteiger partial charge in [-0.15, -0.1) is 0 Å². The molecule has 1 N–H and O–H groups in total. The Labute approximate surface area is 146 Å². The number of aryl methyl sites for hydroxylation is 2. The number of nitrogens with one attached hydrogen (secondary N) is 1. The summed E-state index contributed by atoms with van der Waals surface area (Å²) in [6.45, 7) is 8.29. The number of imidazole rings is 1. The number of nitrogens with zero attached hydrogens (tertiary/aromatic N) is 5. The first kappa shape index (κ1) is 16.5. The summed E-state index contributed by atoms with van der Waals surface area (Å²) in [6, 6.07) is 0.278. The Morgan fingerprint density at radius 3 is 2.92 bits per heavy atom. The van der Waals surface area contributed by atoms with E-state index in [2.05, 4.69) is 26.7 Å². The van der Waals surface area contributed by atoms with Gasteiger partial charge in [0.05, 0.1) is 12.6 Å². The highest BCUT2D eigenvalue weighted by atomic mass is 16.5. The summed E-state index contributed by atoms with van der Waals surface area (Å²) in [5.74, 6) is 1.61. The Bertz CT molecular complexity index is 836. The van der Waals surface area contributed by atoms with Crippen LogP contribution in [-0.4, -0.2) is 57.5 Å². The molecule has 0 aliphatic carbocycles. The molecular weight excluding hydrogens is 320 g/mol. The molecule has 0 radical (unpaired) electrons. The summed E-state index contributed by atoms with van der Waals surface area (Å²) in [5, 5.41) is 3.38. The Kier molecular flexibility index (Phi) is 4.24. The van der Waals surface area contributed by atoms with Crippen LogP contribution in [0.4, 0.5) is 5.82 Å². The van der Waals surface area contributed by atoms with Crippen LogP contribution in [0.5, 0.6) is 0 Å². The molecule has 0 spiro atoms. The molecule has 4 rings (SSSR count). The maximum Gasteiger partial charge on any atom is 0.350 e. The van der Waals surface area contributed by atoms with E-state index in [1.807, 2.05) is 6.92 Å². The largest absolute Gasteiger partial charge is 0.376 e. The molecule has 2 aromatic rings. The summed E-state index contributed by atoms with van der Waals surface area (Å²) >= 11 is 0. The third kappa shape index (κ3) is 2.83.